The minimum absolute atomic E-state index is 0.107. The molecule has 26 heavy (non-hydrogen) atoms. The third-order valence-corrected chi connectivity index (χ3v) is 6.82. The zero-order valence-electron chi connectivity index (χ0n) is 16.4. The lowest BCUT2D eigenvalue weighted by molar-refractivity contribution is -0.00660. The third-order valence-electron chi connectivity index (χ3n) is 6.21. The SMILES string of the molecule is CCC(C)(C)C1(CC#N)CCN(Cc2ccc(NS(C)(=O)=O)cc2)CC1. The van der Waals surface area contributed by atoms with Crippen LogP contribution in [0.5, 0.6) is 0 Å². The van der Waals surface area contributed by atoms with Gasteiger partial charge in [0.2, 0.25) is 10.0 Å². The van der Waals surface area contributed by atoms with E-state index in [9.17, 15) is 13.7 Å². The van der Waals surface area contributed by atoms with Gasteiger partial charge in [-0.25, -0.2) is 8.42 Å². The molecule has 1 aromatic carbocycles. The van der Waals surface area contributed by atoms with Gasteiger partial charge in [0.1, 0.15) is 0 Å². The number of hydrogen-bond donors (Lipinski definition) is 1. The monoisotopic (exact) mass is 377 g/mol. The van der Waals surface area contributed by atoms with Crippen LogP contribution in [0.25, 0.3) is 0 Å². The second kappa shape index (κ2) is 7.98. The lowest BCUT2D eigenvalue weighted by atomic mass is 9.58. The molecule has 1 N–H and O–H groups in total. The molecule has 0 amide bonds. The van der Waals surface area contributed by atoms with Crippen molar-refractivity contribution in [2.45, 2.75) is 53.0 Å². The van der Waals surface area contributed by atoms with E-state index in [1.54, 1.807) is 12.1 Å². The summed E-state index contributed by atoms with van der Waals surface area (Å²) in [6, 6.07) is 9.99. The van der Waals surface area contributed by atoms with E-state index in [1.807, 2.05) is 12.1 Å². The van der Waals surface area contributed by atoms with Crippen LogP contribution in [-0.2, 0) is 16.6 Å². The number of benzene rings is 1. The van der Waals surface area contributed by atoms with Gasteiger partial charge in [0.05, 0.1) is 12.3 Å². The van der Waals surface area contributed by atoms with Crippen molar-refractivity contribution in [2.24, 2.45) is 10.8 Å². The van der Waals surface area contributed by atoms with Crippen LogP contribution in [-0.4, -0.2) is 32.7 Å². The Balaban J connectivity index is 1.99. The van der Waals surface area contributed by atoms with Crippen LogP contribution in [0.4, 0.5) is 5.69 Å². The molecular weight excluding hydrogens is 346 g/mol. The molecule has 0 saturated carbocycles. The molecular formula is C20H31N3O2S. The highest BCUT2D eigenvalue weighted by Crippen LogP contribution is 2.51. The van der Waals surface area contributed by atoms with Gasteiger partial charge in [-0.05, 0) is 54.5 Å². The van der Waals surface area contributed by atoms with E-state index >= 15 is 0 Å². The molecule has 5 nitrogen and oxygen atoms in total. The van der Waals surface area contributed by atoms with Crippen LogP contribution >= 0.6 is 0 Å². The van der Waals surface area contributed by atoms with E-state index in [4.69, 9.17) is 0 Å². The van der Waals surface area contributed by atoms with Crippen molar-refractivity contribution in [2.75, 3.05) is 24.1 Å². The minimum Gasteiger partial charge on any atom is -0.299 e. The van der Waals surface area contributed by atoms with Crippen molar-refractivity contribution in [3.8, 4) is 6.07 Å². The molecule has 0 aliphatic carbocycles. The zero-order chi connectivity index (χ0) is 19.4. The quantitative estimate of drug-likeness (QED) is 0.780. The van der Waals surface area contributed by atoms with Crippen LogP contribution in [0.2, 0.25) is 0 Å². The van der Waals surface area contributed by atoms with E-state index in [1.165, 1.54) is 5.56 Å². The van der Waals surface area contributed by atoms with E-state index in [0.717, 1.165) is 45.2 Å². The summed E-state index contributed by atoms with van der Waals surface area (Å²) in [5.41, 5.74) is 2.04. The maximum atomic E-state index is 11.3. The molecule has 2 rings (SSSR count). The molecule has 0 radical (unpaired) electrons. The van der Waals surface area contributed by atoms with E-state index in [0.29, 0.717) is 12.1 Å². The maximum absolute atomic E-state index is 11.3. The van der Waals surface area contributed by atoms with Crippen molar-refractivity contribution in [3.05, 3.63) is 29.8 Å². The van der Waals surface area contributed by atoms with Crippen LogP contribution in [0, 0.1) is 22.2 Å². The molecule has 0 aromatic heterocycles. The highest BCUT2D eigenvalue weighted by molar-refractivity contribution is 7.92. The minimum atomic E-state index is -3.24. The highest BCUT2D eigenvalue weighted by Gasteiger charge is 2.45. The van der Waals surface area contributed by atoms with E-state index in [-0.39, 0.29) is 10.8 Å². The van der Waals surface area contributed by atoms with Crippen LogP contribution < -0.4 is 4.72 Å². The van der Waals surface area contributed by atoms with Crippen LogP contribution in [0.3, 0.4) is 0 Å². The molecule has 0 bridgehead atoms. The van der Waals surface area contributed by atoms with Crippen molar-refractivity contribution < 1.29 is 8.42 Å². The van der Waals surface area contributed by atoms with Crippen LogP contribution in [0.15, 0.2) is 24.3 Å². The van der Waals surface area contributed by atoms with Gasteiger partial charge in [-0.2, -0.15) is 5.26 Å². The Labute approximate surface area is 158 Å². The Morgan fingerprint density at radius 1 is 1.23 bits per heavy atom. The van der Waals surface area contributed by atoms with E-state index in [2.05, 4.69) is 36.5 Å². The van der Waals surface area contributed by atoms with Gasteiger partial charge in [-0.1, -0.05) is 39.3 Å². The summed E-state index contributed by atoms with van der Waals surface area (Å²) in [4.78, 5) is 2.43. The molecule has 144 valence electrons. The van der Waals surface area contributed by atoms with Gasteiger partial charge in [0.15, 0.2) is 0 Å². The predicted molar refractivity (Wildman–Crippen MR) is 106 cm³/mol. The fraction of sp³-hybridized carbons (Fsp3) is 0.650. The Morgan fingerprint density at radius 2 is 1.81 bits per heavy atom. The topological polar surface area (TPSA) is 73.2 Å². The molecule has 0 spiro atoms. The summed E-state index contributed by atoms with van der Waals surface area (Å²) >= 11 is 0. The summed E-state index contributed by atoms with van der Waals surface area (Å²) in [5.74, 6) is 0. The van der Waals surface area contributed by atoms with Gasteiger partial charge in [-0.15, -0.1) is 0 Å². The number of sulfonamides is 1. The number of nitrogens with one attached hydrogen (secondary N) is 1. The summed E-state index contributed by atoms with van der Waals surface area (Å²) < 4.78 is 25.0. The zero-order valence-corrected chi connectivity index (χ0v) is 17.2. The second-order valence-corrected chi connectivity index (χ2v) is 9.95. The standard InChI is InChI=1S/C20H31N3O2S/c1-5-19(2,3)20(10-13-21)11-14-23(15-12-20)16-17-6-8-18(9-7-17)22-26(4,24)25/h6-9,22H,5,10-12,14-16H2,1-4H3. The first-order chi connectivity index (χ1) is 12.1. The van der Waals surface area contributed by atoms with Gasteiger partial charge in [0, 0.05) is 18.7 Å². The number of hydrogen-bond acceptors (Lipinski definition) is 4. The Morgan fingerprint density at radius 3 is 2.27 bits per heavy atom. The first-order valence-electron chi connectivity index (χ1n) is 9.27. The average Bonchev–Trinajstić information content (AvgIpc) is 2.57. The fourth-order valence-electron chi connectivity index (χ4n) is 3.91. The third kappa shape index (κ3) is 4.99. The molecule has 0 unspecified atom stereocenters. The first kappa shape index (κ1) is 20.7. The molecule has 1 aliphatic heterocycles. The average molecular weight is 378 g/mol. The van der Waals surface area contributed by atoms with Crippen molar-refractivity contribution in [1.29, 1.82) is 5.26 Å². The van der Waals surface area contributed by atoms with E-state index < -0.39 is 10.0 Å². The summed E-state index contributed by atoms with van der Waals surface area (Å²) in [6.07, 6.45) is 4.97. The van der Waals surface area contributed by atoms with Gasteiger partial charge in [0.25, 0.3) is 0 Å². The summed E-state index contributed by atoms with van der Waals surface area (Å²) in [7, 11) is -3.24. The molecule has 1 fully saturated rings. The fourth-order valence-corrected chi connectivity index (χ4v) is 4.47. The molecule has 1 saturated heterocycles. The normalized spacial score (nSPS) is 18.3. The second-order valence-electron chi connectivity index (χ2n) is 8.20. The van der Waals surface area contributed by atoms with Crippen LogP contribution in [0.1, 0.15) is 52.0 Å². The lowest BCUT2D eigenvalue weighted by Crippen LogP contribution is -2.47. The first-order valence-corrected chi connectivity index (χ1v) is 11.2. The van der Waals surface area contributed by atoms with Gasteiger partial charge < -0.3 is 0 Å². The number of rotatable bonds is 7. The maximum Gasteiger partial charge on any atom is 0.229 e. The Kier molecular flexibility index (Phi) is 6.36. The summed E-state index contributed by atoms with van der Waals surface area (Å²) in [5, 5.41) is 9.34. The number of piperidine rings is 1. The van der Waals surface area contributed by atoms with Gasteiger partial charge in [-0.3, -0.25) is 9.62 Å². The summed E-state index contributed by atoms with van der Waals surface area (Å²) in [6.45, 7) is 9.66. The van der Waals surface area contributed by atoms with Crippen molar-refractivity contribution >= 4 is 15.7 Å². The lowest BCUT2D eigenvalue weighted by Gasteiger charge is -2.50. The van der Waals surface area contributed by atoms with Crippen molar-refractivity contribution in [3.63, 3.8) is 0 Å². The smallest absolute Gasteiger partial charge is 0.229 e. The number of nitriles is 1. The molecule has 0 atom stereocenters. The molecule has 1 heterocycles. The molecule has 6 heteroatoms. The number of likely N-dealkylation sites (tertiary alicyclic amines) is 1. The Hall–Kier alpha value is -1.58. The Bertz CT molecular complexity index is 740. The molecule has 1 aliphatic rings. The molecule has 1 aromatic rings. The number of nitrogens with zero attached hydrogens (tertiary/aromatic N) is 2. The highest BCUT2D eigenvalue weighted by atomic mass is 32.2. The predicted octanol–water partition coefficient (Wildman–Crippen LogP) is 3.99. The van der Waals surface area contributed by atoms with Gasteiger partial charge >= 0.3 is 0 Å². The number of anilines is 1. The van der Waals surface area contributed by atoms with Crippen molar-refractivity contribution in [1.82, 2.24) is 4.90 Å². The largest absolute Gasteiger partial charge is 0.299 e.